The van der Waals surface area contributed by atoms with Gasteiger partial charge in [-0.15, -0.1) is 0 Å². The van der Waals surface area contributed by atoms with Crippen LogP contribution in [0.1, 0.15) is 35.4 Å². The van der Waals surface area contributed by atoms with Crippen LogP contribution >= 0.6 is 34.8 Å². The lowest BCUT2D eigenvalue weighted by molar-refractivity contribution is -0.0189. The number of hydrogen-bond acceptors (Lipinski definition) is 3. The zero-order valence-electron chi connectivity index (χ0n) is 14.9. The van der Waals surface area contributed by atoms with Gasteiger partial charge in [0.2, 0.25) is 6.23 Å². The predicted octanol–water partition coefficient (Wildman–Crippen LogP) is 7.03. The topological polar surface area (TPSA) is 24.8 Å². The van der Waals surface area contributed by atoms with E-state index in [1.165, 1.54) is 12.1 Å². The SMILES string of the molecule is Fc1ccc(C2=NN3[C@H](C2)c2cc(Cl)ccc2O[C@@H]3c2ccc(Cl)cc2Cl)cc1. The number of rotatable bonds is 2. The number of benzene rings is 3. The third kappa shape index (κ3) is 3.35. The Bertz CT molecular complexity index is 1130. The molecule has 3 nitrogen and oxygen atoms in total. The molecule has 7 heteroatoms. The summed E-state index contributed by atoms with van der Waals surface area (Å²) in [6.45, 7) is 0. The first-order chi connectivity index (χ1) is 14.0. The van der Waals surface area contributed by atoms with Gasteiger partial charge in [0.05, 0.1) is 16.8 Å². The van der Waals surface area contributed by atoms with Gasteiger partial charge < -0.3 is 4.74 Å². The molecular formula is C22H14Cl3FN2O. The number of nitrogens with zero attached hydrogens (tertiary/aromatic N) is 2. The monoisotopic (exact) mass is 446 g/mol. The first-order valence-corrected chi connectivity index (χ1v) is 10.2. The fourth-order valence-electron chi connectivity index (χ4n) is 3.78. The van der Waals surface area contributed by atoms with E-state index in [1.54, 1.807) is 30.3 Å². The van der Waals surface area contributed by atoms with Crippen molar-refractivity contribution in [1.82, 2.24) is 5.01 Å². The molecule has 146 valence electrons. The van der Waals surface area contributed by atoms with E-state index in [1.807, 2.05) is 23.2 Å². The molecule has 0 radical (unpaired) electrons. The van der Waals surface area contributed by atoms with Crippen molar-refractivity contribution in [2.24, 2.45) is 5.10 Å². The summed E-state index contributed by atoms with van der Waals surface area (Å²) in [4.78, 5) is 0. The van der Waals surface area contributed by atoms with Gasteiger partial charge in [-0.25, -0.2) is 9.40 Å². The number of hydrogen-bond donors (Lipinski definition) is 0. The van der Waals surface area contributed by atoms with Gasteiger partial charge in [0.15, 0.2) is 0 Å². The Morgan fingerprint density at radius 2 is 1.62 bits per heavy atom. The Morgan fingerprint density at radius 3 is 2.38 bits per heavy atom. The highest BCUT2D eigenvalue weighted by atomic mass is 35.5. The zero-order valence-corrected chi connectivity index (χ0v) is 17.2. The normalized spacial score (nSPS) is 20.0. The van der Waals surface area contributed by atoms with Crippen molar-refractivity contribution < 1.29 is 9.13 Å². The predicted molar refractivity (Wildman–Crippen MR) is 113 cm³/mol. The van der Waals surface area contributed by atoms with Crippen LogP contribution in [0.4, 0.5) is 4.39 Å². The molecule has 29 heavy (non-hydrogen) atoms. The quantitative estimate of drug-likeness (QED) is 0.421. The van der Waals surface area contributed by atoms with Crippen LogP contribution in [0.5, 0.6) is 5.75 Å². The van der Waals surface area contributed by atoms with E-state index >= 15 is 0 Å². The minimum atomic E-state index is -0.517. The Labute approximate surface area is 182 Å². The van der Waals surface area contributed by atoms with E-state index in [4.69, 9.17) is 44.6 Å². The van der Waals surface area contributed by atoms with Gasteiger partial charge in [-0.1, -0.05) is 53.0 Å². The first-order valence-electron chi connectivity index (χ1n) is 9.02. The van der Waals surface area contributed by atoms with Gasteiger partial charge in [-0.05, 0) is 48.0 Å². The molecule has 2 aliphatic heterocycles. The summed E-state index contributed by atoms with van der Waals surface area (Å²) in [7, 11) is 0. The Kier molecular flexibility index (Phi) is 4.66. The van der Waals surface area contributed by atoms with E-state index in [2.05, 4.69) is 0 Å². The zero-order chi connectivity index (χ0) is 20.1. The van der Waals surface area contributed by atoms with Crippen molar-refractivity contribution in [2.45, 2.75) is 18.7 Å². The van der Waals surface area contributed by atoms with Crippen LogP contribution in [0.25, 0.3) is 0 Å². The maximum absolute atomic E-state index is 13.4. The molecule has 2 atom stereocenters. The molecular weight excluding hydrogens is 434 g/mol. The van der Waals surface area contributed by atoms with Gasteiger partial charge in [-0.3, -0.25) is 0 Å². The molecule has 0 aliphatic carbocycles. The van der Waals surface area contributed by atoms with Crippen LogP contribution in [0, 0.1) is 5.82 Å². The second-order valence-electron chi connectivity index (χ2n) is 6.97. The van der Waals surface area contributed by atoms with Crippen LogP contribution in [0.15, 0.2) is 65.8 Å². The number of ether oxygens (including phenoxy) is 1. The maximum Gasteiger partial charge on any atom is 0.215 e. The van der Waals surface area contributed by atoms with Gasteiger partial charge in [-0.2, -0.15) is 5.10 Å². The van der Waals surface area contributed by atoms with Crippen LogP contribution in [-0.4, -0.2) is 10.7 Å². The fourth-order valence-corrected chi connectivity index (χ4v) is 4.46. The fraction of sp³-hybridized carbons (Fsp3) is 0.136. The van der Waals surface area contributed by atoms with Crippen LogP contribution in [0.2, 0.25) is 15.1 Å². The molecule has 3 aromatic carbocycles. The molecule has 0 fully saturated rings. The molecule has 0 saturated heterocycles. The Hall–Kier alpha value is -2.27. The van der Waals surface area contributed by atoms with Crippen LogP contribution in [-0.2, 0) is 0 Å². The van der Waals surface area contributed by atoms with E-state index in [9.17, 15) is 4.39 Å². The van der Waals surface area contributed by atoms with Gasteiger partial charge in [0, 0.05) is 27.6 Å². The lowest BCUT2D eigenvalue weighted by Gasteiger charge is -2.38. The van der Waals surface area contributed by atoms with Crippen molar-refractivity contribution in [3.8, 4) is 5.75 Å². The van der Waals surface area contributed by atoms with Gasteiger partial charge in [0.1, 0.15) is 11.6 Å². The molecule has 0 unspecified atom stereocenters. The van der Waals surface area contributed by atoms with Crippen molar-refractivity contribution in [3.63, 3.8) is 0 Å². The minimum absolute atomic E-state index is 0.0748. The van der Waals surface area contributed by atoms with E-state index in [-0.39, 0.29) is 11.9 Å². The van der Waals surface area contributed by atoms with E-state index in [0.29, 0.717) is 21.5 Å². The van der Waals surface area contributed by atoms with Crippen LogP contribution in [0.3, 0.4) is 0 Å². The van der Waals surface area contributed by atoms with E-state index < -0.39 is 6.23 Å². The standard InChI is InChI=1S/C22H14Cl3FN2O/c23-13-4-8-21-17(9-13)20-11-19(12-1-5-15(26)6-2-12)27-28(20)22(29-21)16-7-3-14(24)10-18(16)25/h1-10,20,22H,11H2/t20-,22-/m1/s1. The lowest BCUT2D eigenvalue weighted by Crippen LogP contribution is -2.33. The molecule has 0 N–H and O–H groups in total. The molecule has 5 rings (SSSR count). The van der Waals surface area contributed by atoms with E-state index in [0.717, 1.165) is 28.2 Å². The summed E-state index contributed by atoms with van der Waals surface area (Å²) >= 11 is 18.8. The maximum atomic E-state index is 13.4. The highest BCUT2D eigenvalue weighted by molar-refractivity contribution is 6.35. The average molecular weight is 448 g/mol. The molecule has 2 heterocycles. The second kappa shape index (κ2) is 7.21. The molecule has 0 bridgehead atoms. The Morgan fingerprint density at radius 1 is 0.897 bits per heavy atom. The summed E-state index contributed by atoms with van der Waals surface area (Å²) in [5, 5.41) is 8.41. The summed E-state index contributed by atoms with van der Waals surface area (Å²) in [5.74, 6) is 0.457. The van der Waals surface area contributed by atoms with Crippen molar-refractivity contribution in [2.75, 3.05) is 0 Å². The van der Waals surface area contributed by atoms with Gasteiger partial charge in [0.25, 0.3) is 0 Å². The molecule has 0 aromatic heterocycles. The molecule has 0 saturated carbocycles. The number of halogens is 4. The summed E-state index contributed by atoms with van der Waals surface area (Å²) < 4.78 is 19.6. The smallest absolute Gasteiger partial charge is 0.215 e. The highest BCUT2D eigenvalue weighted by Gasteiger charge is 2.41. The molecule has 3 aromatic rings. The van der Waals surface area contributed by atoms with Crippen LogP contribution < -0.4 is 4.74 Å². The minimum Gasteiger partial charge on any atom is -0.464 e. The van der Waals surface area contributed by atoms with Crippen molar-refractivity contribution in [1.29, 1.82) is 0 Å². The number of hydrazone groups is 1. The first kappa shape index (κ1) is 18.7. The average Bonchev–Trinajstić information content (AvgIpc) is 3.14. The number of fused-ring (bicyclic) bond motifs is 3. The van der Waals surface area contributed by atoms with Crippen molar-refractivity contribution in [3.05, 3.63) is 98.2 Å². The Balaban J connectivity index is 1.62. The van der Waals surface area contributed by atoms with Crippen molar-refractivity contribution >= 4 is 40.5 Å². The third-order valence-corrected chi connectivity index (χ3v) is 5.96. The molecule has 0 spiro atoms. The second-order valence-corrected chi connectivity index (χ2v) is 8.25. The summed E-state index contributed by atoms with van der Waals surface area (Å²) in [6, 6.07) is 17.1. The van der Waals surface area contributed by atoms with Gasteiger partial charge >= 0.3 is 0 Å². The largest absolute Gasteiger partial charge is 0.464 e. The molecule has 0 amide bonds. The highest BCUT2D eigenvalue weighted by Crippen LogP contribution is 2.49. The third-order valence-electron chi connectivity index (χ3n) is 5.16. The summed E-state index contributed by atoms with van der Waals surface area (Å²) in [5.41, 5.74) is 3.44. The summed E-state index contributed by atoms with van der Waals surface area (Å²) in [6.07, 6.45) is 0.126. The molecule has 2 aliphatic rings. The lowest BCUT2D eigenvalue weighted by atomic mass is 9.96.